The van der Waals surface area contributed by atoms with Crippen molar-refractivity contribution in [3.8, 4) is 22.3 Å². The Bertz CT molecular complexity index is 2340. The predicted molar refractivity (Wildman–Crippen MR) is 203 cm³/mol. The fraction of sp³-hybridized carbons (Fsp3) is 0.0909. The van der Waals surface area contributed by atoms with Gasteiger partial charge in [0.1, 0.15) is 0 Å². The summed E-state index contributed by atoms with van der Waals surface area (Å²) < 4.78 is 0. The Morgan fingerprint density at radius 2 is 1.26 bits per heavy atom. The summed E-state index contributed by atoms with van der Waals surface area (Å²) in [5.41, 5.74) is 17.8. The third-order valence-electron chi connectivity index (χ3n) is 10.3. The molecule has 2 heterocycles. The largest absolute Gasteiger partial charge is 0.355 e. The number of rotatable bonds is 4. The summed E-state index contributed by atoms with van der Waals surface area (Å²) >= 11 is 0. The van der Waals surface area contributed by atoms with Crippen LogP contribution in [-0.4, -0.2) is 7.28 Å². The van der Waals surface area contributed by atoms with E-state index in [4.69, 9.17) is 0 Å². The number of hydrogen-bond acceptors (Lipinski definition) is 2. The van der Waals surface area contributed by atoms with E-state index in [0.717, 1.165) is 18.7 Å². The molecule has 0 atom stereocenters. The number of para-hydroxylation sites is 2. The average Bonchev–Trinajstić information content (AvgIpc) is 3.10. The van der Waals surface area contributed by atoms with Crippen LogP contribution in [0.3, 0.4) is 0 Å². The highest BCUT2D eigenvalue weighted by Gasteiger charge is 2.40. The molecule has 0 unspecified atom stereocenters. The molecule has 0 saturated carbocycles. The number of fused-ring (bicyclic) bond motifs is 5. The molecule has 3 heteroatoms. The summed E-state index contributed by atoms with van der Waals surface area (Å²) in [5, 5.41) is 6.31. The van der Waals surface area contributed by atoms with Crippen LogP contribution in [0.15, 0.2) is 146 Å². The van der Waals surface area contributed by atoms with Crippen molar-refractivity contribution < 1.29 is 0 Å². The average molecular weight is 603 g/mol. The van der Waals surface area contributed by atoms with Gasteiger partial charge in [-0.15, -0.1) is 0 Å². The molecule has 0 bridgehead atoms. The topological polar surface area (TPSA) is 15.3 Å². The van der Waals surface area contributed by atoms with Gasteiger partial charge in [0.25, 0.3) is 0 Å². The minimum atomic E-state index is -0.0753. The number of benzene rings is 7. The second-order valence-corrected chi connectivity index (χ2v) is 13.6. The van der Waals surface area contributed by atoms with E-state index in [0.29, 0.717) is 0 Å². The lowest BCUT2D eigenvalue weighted by atomic mass is 9.56. The quantitative estimate of drug-likeness (QED) is 0.202. The van der Waals surface area contributed by atoms with E-state index >= 15 is 0 Å². The smallest absolute Gasteiger partial charge is 0.198 e. The van der Waals surface area contributed by atoms with Crippen molar-refractivity contribution in [2.75, 3.05) is 10.2 Å². The Kier molecular flexibility index (Phi) is 6.20. The standard InChI is InChI=1S/C44H35BN2/c1-28-24-35(42-41(25-28)47-40-19-10-9-16-36(40)44(2,3)37-17-11-18-38(45-42)43(37)47)34-26-31-14-7-8-15-32(31)27-39(34)46-33-22-20-30(21-23-33)29-12-5-4-6-13-29/h4-27,45-46H,1-3H3. The minimum Gasteiger partial charge on any atom is -0.355 e. The third-order valence-corrected chi connectivity index (χ3v) is 10.3. The highest BCUT2D eigenvalue weighted by atomic mass is 15.2. The monoisotopic (exact) mass is 602 g/mol. The first-order chi connectivity index (χ1) is 23.0. The van der Waals surface area contributed by atoms with Crippen molar-refractivity contribution >= 4 is 57.4 Å². The Labute approximate surface area is 277 Å². The van der Waals surface area contributed by atoms with Gasteiger partial charge in [-0.25, -0.2) is 0 Å². The van der Waals surface area contributed by atoms with Gasteiger partial charge in [0.15, 0.2) is 7.28 Å². The third kappa shape index (κ3) is 4.41. The fourth-order valence-electron chi connectivity index (χ4n) is 7.93. The number of aryl methyl sites for hydroxylation is 1. The molecule has 2 aliphatic heterocycles. The van der Waals surface area contributed by atoms with Gasteiger partial charge >= 0.3 is 0 Å². The van der Waals surface area contributed by atoms with Gasteiger partial charge in [0.05, 0.1) is 5.69 Å². The van der Waals surface area contributed by atoms with E-state index in [-0.39, 0.29) is 5.41 Å². The number of hydrogen-bond donors (Lipinski definition) is 1. The first-order valence-corrected chi connectivity index (χ1v) is 16.6. The van der Waals surface area contributed by atoms with Crippen LogP contribution in [0, 0.1) is 6.92 Å². The zero-order valence-electron chi connectivity index (χ0n) is 27.0. The SMILES string of the molecule is Cc1cc(-c2cc3ccccc3cc2Nc2ccc(-c3ccccc3)cc2)c2c(c1)N1c3ccccc3C(C)(C)c3cccc(c31)B2. The lowest BCUT2D eigenvalue weighted by Crippen LogP contribution is -2.45. The van der Waals surface area contributed by atoms with Crippen LogP contribution in [0.4, 0.5) is 28.4 Å². The van der Waals surface area contributed by atoms with Crippen LogP contribution in [0.1, 0.15) is 30.5 Å². The van der Waals surface area contributed by atoms with Crippen molar-refractivity contribution in [3.63, 3.8) is 0 Å². The molecule has 7 aromatic carbocycles. The molecule has 2 aliphatic rings. The first-order valence-electron chi connectivity index (χ1n) is 16.6. The van der Waals surface area contributed by atoms with E-state index in [9.17, 15) is 0 Å². The maximum Gasteiger partial charge on any atom is 0.198 e. The molecule has 0 amide bonds. The molecule has 9 rings (SSSR count). The van der Waals surface area contributed by atoms with Crippen molar-refractivity contribution in [2.24, 2.45) is 0 Å². The highest BCUT2D eigenvalue weighted by Crippen LogP contribution is 2.52. The summed E-state index contributed by atoms with van der Waals surface area (Å²) in [5.74, 6) is 0. The second kappa shape index (κ2) is 10.5. The molecule has 0 aromatic heterocycles. The number of nitrogens with zero attached hydrogens (tertiary/aromatic N) is 1. The molecule has 0 spiro atoms. The van der Waals surface area contributed by atoms with Gasteiger partial charge in [0, 0.05) is 33.7 Å². The predicted octanol–water partition coefficient (Wildman–Crippen LogP) is 10.0. The van der Waals surface area contributed by atoms with Crippen molar-refractivity contribution in [3.05, 3.63) is 162 Å². The van der Waals surface area contributed by atoms with Crippen LogP contribution in [0.5, 0.6) is 0 Å². The summed E-state index contributed by atoms with van der Waals surface area (Å²) in [6.45, 7) is 6.98. The summed E-state index contributed by atoms with van der Waals surface area (Å²) in [7, 11) is 0.890. The van der Waals surface area contributed by atoms with E-state index in [2.05, 4.69) is 177 Å². The molecule has 47 heavy (non-hydrogen) atoms. The Hall–Kier alpha value is -5.54. The fourth-order valence-corrected chi connectivity index (χ4v) is 7.93. The normalized spacial score (nSPS) is 13.7. The first kappa shape index (κ1) is 27.7. The molecular weight excluding hydrogens is 567 g/mol. The van der Waals surface area contributed by atoms with E-state index in [1.165, 1.54) is 77.7 Å². The van der Waals surface area contributed by atoms with Crippen LogP contribution < -0.4 is 21.1 Å². The summed E-state index contributed by atoms with van der Waals surface area (Å²) in [6.07, 6.45) is 0. The summed E-state index contributed by atoms with van der Waals surface area (Å²) in [6, 6.07) is 53.4. The lowest BCUT2D eigenvalue weighted by molar-refractivity contribution is 0.632. The molecule has 0 fully saturated rings. The zero-order chi connectivity index (χ0) is 31.7. The maximum absolute atomic E-state index is 3.85. The molecule has 0 aliphatic carbocycles. The second-order valence-electron chi connectivity index (χ2n) is 13.6. The molecule has 1 N–H and O–H groups in total. The van der Waals surface area contributed by atoms with E-state index in [1.807, 2.05) is 0 Å². The van der Waals surface area contributed by atoms with Crippen molar-refractivity contribution in [2.45, 2.75) is 26.2 Å². The Morgan fingerprint density at radius 1 is 0.574 bits per heavy atom. The van der Waals surface area contributed by atoms with Gasteiger partial charge < -0.3 is 10.2 Å². The lowest BCUT2D eigenvalue weighted by Gasteiger charge is -2.46. The van der Waals surface area contributed by atoms with Crippen LogP contribution in [0.25, 0.3) is 33.0 Å². The molecule has 0 saturated heterocycles. The van der Waals surface area contributed by atoms with Crippen molar-refractivity contribution in [1.82, 2.24) is 0 Å². The van der Waals surface area contributed by atoms with Gasteiger partial charge in [-0.1, -0.05) is 129 Å². The van der Waals surface area contributed by atoms with E-state index < -0.39 is 0 Å². The zero-order valence-corrected chi connectivity index (χ0v) is 27.0. The van der Waals surface area contributed by atoms with Gasteiger partial charge in [-0.2, -0.15) is 0 Å². The van der Waals surface area contributed by atoms with E-state index in [1.54, 1.807) is 0 Å². The highest BCUT2D eigenvalue weighted by molar-refractivity contribution is 6.73. The van der Waals surface area contributed by atoms with Gasteiger partial charge in [-0.3, -0.25) is 0 Å². The molecule has 2 nitrogen and oxygen atoms in total. The minimum absolute atomic E-state index is 0.0753. The maximum atomic E-state index is 3.85. The Morgan fingerprint density at radius 3 is 2.06 bits per heavy atom. The van der Waals surface area contributed by atoms with Gasteiger partial charge in [0.2, 0.25) is 0 Å². The number of anilines is 5. The number of nitrogens with one attached hydrogen (secondary N) is 1. The van der Waals surface area contributed by atoms with Gasteiger partial charge in [-0.05, 0) is 92.9 Å². The molecular formula is C44H35BN2. The molecule has 0 radical (unpaired) electrons. The molecule has 224 valence electrons. The molecule has 7 aromatic rings. The van der Waals surface area contributed by atoms with Crippen LogP contribution in [0.2, 0.25) is 0 Å². The van der Waals surface area contributed by atoms with Crippen molar-refractivity contribution in [1.29, 1.82) is 0 Å². The summed E-state index contributed by atoms with van der Waals surface area (Å²) in [4.78, 5) is 2.55. The van der Waals surface area contributed by atoms with Crippen LogP contribution >= 0.6 is 0 Å². The van der Waals surface area contributed by atoms with Crippen LogP contribution in [-0.2, 0) is 5.41 Å². The Balaban J connectivity index is 1.23.